The topological polar surface area (TPSA) is 66.5 Å². The zero-order valence-electron chi connectivity index (χ0n) is 15.3. The Kier molecular flexibility index (Phi) is 7.05. The molecule has 0 saturated carbocycles. The van der Waals surface area contributed by atoms with Gasteiger partial charge in [0.25, 0.3) is 0 Å². The van der Waals surface area contributed by atoms with Gasteiger partial charge >= 0.3 is 0 Å². The third-order valence-electron chi connectivity index (χ3n) is 4.98. The van der Waals surface area contributed by atoms with Crippen LogP contribution in [0.5, 0.6) is 0 Å². The lowest BCUT2D eigenvalue weighted by atomic mass is 9.96. The Balaban J connectivity index is 1.97. The quantitative estimate of drug-likeness (QED) is 0.791. The number of carbonyl (C=O) groups is 1. The number of amides is 1. The summed E-state index contributed by atoms with van der Waals surface area (Å²) in [6.45, 7) is 6.54. The Hall–Kier alpha value is -1.18. The van der Waals surface area contributed by atoms with E-state index in [1.165, 1.54) is 22.5 Å². The number of nitrogens with one attached hydrogen (secondary N) is 1. The predicted octanol–water partition coefficient (Wildman–Crippen LogP) is 3.18. The number of carbonyl (C=O) groups excluding carboxylic acids is 1. The molecule has 0 aromatic heterocycles. The highest BCUT2D eigenvalue weighted by molar-refractivity contribution is 7.88. The van der Waals surface area contributed by atoms with Gasteiger partial charge in [0, 0.05) is 35.6 Å². The van der Waals surface area contributed by atoms with E-state index >= 15 is 0 Å². The summed E-state index contributed by atoms with van der Waals surface area (Å²) in [5.41, 5.74) is -0.0141. The molecule has 1 heterocycles. The van der Waals surface area contributed by atoms with Crippen LogP contribution >= 0.6 is 11.6 Å². The molecular formula is C18H26ClFN2O3S. The van der Waals surface area contributed by atoms with Crippen molar-refractivity contribution in [2.24, 2.45) is 11.8 Å². The number of hydrogen-bond donors (Lipinski definition) is 1. The average Bonchev–Trinajstić information content (AvgIpc) is 2.58. The number of sulfonamides is 1. The molecule has 5 nitrogen and oxygen atoms in total. The molecule has 1 N–H and O–H groups in total. The summed E-state index contributed by atoms with van der Waals surface area (Å²) < 4.78 is 40.4. The fourth-order valence-corrected chi connectivity index (χ4v) is 4.77. The van der Waals surface area contributed by atoms with Gasteiger partial charge in [-0.25, -0.2) is 17.1 Å². The normalized spacial score (nSPS) is 18.1. The Bertz CT molecular complexity index is 727. The predicted molar refractivity (Wildman–Crippen MR) is 101 cm³/mol. The van der Waals surface area contributed by atoms with E-state index in [4.69, 9.17) is 11.6 Å². The van der Waals surface area contributed by atoms with Gasteiger partial charge in [-0.2, -0.15) is 0 Å². The zero-order chi connectivity index (χ0) is 19.5. The first-order valence-electron chi connectivity index (χ1n) is 8.83. The lowest BCUT2D eigenvalue weighted by Gasteiger charge is -2.31. The van der Waals surface area contributed by atoms with E-state index in [0.717, 1.165) is 0 Å². The number of piperidine rings is 1. The van der Waals surface area contributed by atoms with E-state index in [2.05, 4.69) is 5.32 Å². The molecule has 146 valence electrons. The van der Waals surface area contributed by atoms with Crippen LogP contribution in [-0.4, -0.2) is 37.8 Å². The lowest BCUT2D eigenvalue weighted by molar-refractivity contribution is -0.127. The van der Waals surface area contributed by atoms with Crippen molar-refractivity contribution >= 4 is 27.5 Å². The minimum absolute atomic E-state index is 0.0141. The maximum Gasteiger partial charge on any atom is 0.223 e. The average molecular weight is 405 g/mol. The second kappa shape index (κ2) is 8.67. The van der Waals surface area contributed by atoms with Crippen molar-refractivity contribution in [2.45, 2.75) is 45.4 Å². The maximum absolute atomic E-state index is 13.9. The highest BCUT2D eigenvalue weighted by Crippen LogP contribution is 2.26. The molecule has 0 radical (unpaired) electrons. The lowest BCUT2D eigenvalue weighted by Crippen LogP contribution is -2.46. The fourth-order valence-electron chi connectivity index (χ4n) is 2.85. The van der Waals surface area contributed by atoms with Crippen LogP contribution in [0.4, 0.5) is 4.39 Å². The molecule has 1 aliphatic heterocycles. The van der Waals surface area contributed by atoms with Crippen LogP contribution < -0.4 is 5.32 Å². The molecule has 26 heavy (non-hydrogen) atoms. The van der Waals surface area contributed by atoms with Gasteiger partial charge in [-0.05, 0) is 37.8 Å². The summed E-state index contributed by atoms with van der Waals surface area (Å²) in [7, 11) is -3.69. The number of halogens is 2. The Morgan fingerprint density at radius 2 is 1.92 bits per heavy atom. The fraction of sp³-hybridized carbons (Fsp3) is 0.611. The Morgan fingerprint density at radius 1 is 1.31 bits per heavy atom. The Morgan fingerprint density at radius 3 is 2.46 bits per heavy atom. The molecule has 1 atom stereocenters. The summed E-state index contributed by atoms with van der Waals surface area (Å²) in [6.07, 6.45) is 0.918. The maximum atomic E-state index is 13.9. The molecule has 0 aliphatic carbocycles. The van der Waals surface area contributed by atoms with E-state index in [-0.39, 0.29) is 41.5 Å². The number of hydrogen-bond acceptors (Lipinski definition) is 3. The van der Waals surface area contributed by atoms with Crippen LogP contribution in [0.25, 0.3) is 0 Å². The standard InChI is InChI=1S/C18H26ClFN2O3S/c1-12(2)13(3)21-18(23)14-7-9-22(10-8-14)26(24,25)11-15-16(19)5-4-6-17(15)20/h4-6,12-14H,7-11H2,1-3H3,(H,21,23). The minimum Gasteiger partial charge on any atom is -0.353 e. The molecule has 1 aromatic carbocycles. The molecule has 1 unspecified atom stereocenters. The van der Waals surface area contributed by atoms with Gasteiger partial charge in [0.05, 0.1) is 5.75 Å². The van der Waals surface area contributed by atoms with Gasteiger partial charge in [-0.3, -0.25) is 4.79 Å². The van der Waals surface area contributed by atoms with Crippen LogP contribution in [0, 0.1) is 17.7 Å². The third kappa shape index (κ3) is 5.18. The molecule has 1 saturated heterocycles. The SMILES string of the molecule is CC(C)C(C)NC(=O)C1CCN(S(=O)(=O)Cc2c(F)cccc2Cl)CC1. The van der Waals surface area contributed by atoms with Crippen molar-refractivity contribution in [1.29, 1.82) is 0 Å². The summed E-state index contributed by atoms with van der Waals surface area (Å²) >= 11 is 5.94. The highest BCUT2D eigenvalue weighted by atomic mass is 35.5. The van der Waals surface area contributed by atoms with Crippen LogP contribution in [-0.2, 0) is 20.6 Å². The summed E-state index contributed by atoms with van der Waals surface area (Å²) in [6, 6.07) is 4.19. The van der Waals surface area contributed by atoms with Crippen molar-refractivity contribution in [3.05, 3.63) is 34.6 Å². The smallest absolute Gasteiger partial charge is 0.223 e. The van der Waals surface area contributed by atoms with Gasteiger partial charge in [0.15, 0.2) is 0 Å². The van der Waals surface area contributed by atoms with Crippen molar-refractivity contribution in [3.63, 3.8) is 0 Å². The molecule has 0 spiro atoms. The first-order valence-corrected chi connectivity index (χ1v) is 10.8. The number of benzene rings is 1. The van der Waals surface area contributed by atoms with Crippen molar-refractivity contribution in [1.82, 2.24) is 9.62 Å². The van der Waals surface area contributed by atoms with E-state index in [1.807, 2.05) is 20.8 Å². The van der Waals surface area contributed by atoms with Gasteiger partial charge in [0.2, 0.25) is 15.9 Å². The van der Waals surface area contributed by atoms with Crippen LogP contribution in [0.2, 0.25) is 5.02 Å². The van der Waals surface area contributed by atoms with Crippen molar-refractivity contribution < 1.29 is 17.6 Å². The second-order valence-corrected chi connectivity index (χ2v) is 9.55. The minimum atomic E-state index is -3.69. The van der Waals surface area contributed by atoms with E-state index in [0.29, 0.717) is 18.8 Å². The molecule has 0 bridgehead atoms. The summed E-state index contributed by atoms with van der Waals surface area (Å²) in [5, 5.41) is 3.09. The van der Waals surface area contributed by atoms with Crippen LogP contribution in [0.15, 0.2) is 18.2 Å². The highest BCUT2D eigenvalue weighted by Gasteiger charge is 2.32. The molecule has 1 aromatic rings. The monoisotopic (exact) mass is 404 g/mol. The van der Waals surface area contributed by atoms with Gasteiger partial charge in [0.1, 0.15) is 5.82 Å². The van der Waals surface area contributed by atoms with Crippen LogP contribution in [0.3, 0.4) is 0 Å². The largest absolute Gasteiger partial charge is 0.353 e. The first kappa shape index (κ1) is 21.1. The number of nitrogens with zero attached hydrogens (tertiary/aromatic N) is 1. The van der Waals surface area contributed by atoms with E-state index in [9.17, 15) is 17.6 Å². The molecule has 8 heteroatoms. The van der Waals surface area contributed by atoms with E-state index < -0.39 is 21.6 Å². The van der Waals surface area contributed by atoms with Gasteiger partial charge in [-0.15, -0.1) is 0 Å². The Labute approximate surface area is 160 Å². The second-order valence-electron chi connectivity index (χ2n) is 7.17. The molecule has 1 aliphatic rings. The summed E-state index contributed by atoms with van der Waals surface area (Å²) in [5.74, 6) is -0.984. The third-order valence-corrected chi connectivity index (χ3v) is 7.14. The molecule has 2 rings (SSSR count). The number of rotatable bonds is 6. The van der Waals surface area contributed by atoms with Gasteiger partial charge < -0.3 is 5.32 Å². The summed E-state index contributed by atoms with van der Waals surface area (Å²) in [4.78, 5) is 12.3. The van der Waals surface area contributed by atoms with E-state index in [1.54, 1.807) is 0 Å². The van der Waals surface area contributed by atoms with Crippen molar-refractivity contribution in [2.75, 3.05) is 13.1 Å². The van der Waals surface area contributed by atoms with Crippen LogP contribution in [0.1, 0.15) is 39.2 Å². The molecule has 1 fully saturated rings. The molecule has 1 amide bonds. The molecular weight excluding hydrogens is 379 g/mol. The van der Waals surface area contributed by atoms with Crippen molar-refractivity contribution in [3.8, 4) is 0 Å². The first-order chi connectivity index (χ1) is 12.1. The van der Waals surface area contributed by atoms with Gasteiger partial charge in [-0.1, -0.05) is 31.5 Å². The zero-order valence-corrected chi connectivity index (χ0v) is 16.9.